The predicted octanol–water partition coefficient (Wildman–Crippen LogP) is 0.169. The van der Waals surface area contributed by atoms with E-state index in [-0.39, 0.29) is 4.91 Å². The molecule has 0 bridgehead atoms. The van der Waals surface area contributed by atoms with E-state index in [0.717, 1.165) is 6.92 Å². The van der Waals surface area contributed by atoms with Gasteiger partial charge in [-0.1, -0.05) is 0 Å². The van der Waals surface area contributed by atoms with Crippen LogP contribution in [0.3, 0.4) is 0 Å². The van der Waals surface area contributed by atoms with Crippen molar-refractivity contribution in [1.29, 1.82) is 0 Å². The number of rotatable bonds is 0. The van der Waals surface area contributed by atoms with E-state index in [2.05, 4.69) is 3.63 Å². The minimum atomic E-state index is -4.31. The molecule has 1 atom stereocenters. The van der Waals surface area contributed by atoms with Crippen LogP contribution in [0.2, 0.25) is 0 Å². The maximum Gasteiger partial charge on any atom is 0.338 e. The minimum absolute atomic E-state index is 0.389. The second-order valence-electron chi connectivity index (χ2n) is 1.59. The van der Waals surface area contributed by atoms with E-state index in [4.69, 9.17) is 0 Å². The summed E-state index contributed by atoms with van der Waals surface area (Å²) in [5.41, 5.74) is 0. The van der Waals surface area contributed by atoms with E-state index in [9.17, 15) is 17.0 Å². The molecule has 1 unspecified atom stereocenters. The van der Waals surface area contributed by atoms with Crippen LogP contribution in [-0.4, -0.2) is 12.6 Å². The summed E-state index contributed by atoms with van der Waals surface area (Å²) >= 11 is -2.15. The van der Waals surface area contributed by atoms with Gasteiger partial charge in [-0.15, -0.1) is 0 Å². The molecule has 0 aromatic heterocycles. The Kier molecular flexibility index (Phi) is 1.65. The molecule has 0 fully saturated rings. The van der Waals surface area contributed by atoms with Crippen molar-refractivity contribution in [2.75, 3.05) is 0 Å². The normalized spacial score (nSPS) is 31.2. The van der Waals surface area contributed by atoms with Crippen molar-refractivity contribution < 1.29 is 20.6 Å². The number of allylic oxidation sites excluding steroid dienone is 1. The summed E-state index contributed by atoms with van der Waals surface area (Å²) in [4.78, 5) is -0.389. The van der Waals surface area contributed by atoms with E-state index in [1.54, 1.807) is 0 Å². The van der Waals surface area contributed by atoms with E-state index < -0.39 is 26.4 Å². The molecule has 1 aliphatic rings. The van der Waals surface area contributed by atoms with E-state index in [1.165, 1.54) is 0 Å². The first-order valence-corrected chi connectivity index (χ1v) is 4.66. The molecule has 1 aliphatic heterocycles. The fourth-order valence-corrected chi connectivity index (χ4v) is 2.70. The fourth-order valence-electron chi connectivity index (χ4n) is 0.404. The maximum atomic E-state index is 12.3. The molecule has 1 rings (SSSR count). The van der Waals surface area contributed by atoms with Gasteiger partial charge in [-0.25, -0.2) is 4.21 Å². The second-order valence-corrected chi connectivity index (χ2v) is 4.48. The van der Waals surface area contributed by atoms with Gasteiger partial charge in [0.1, 0.15) is 0 Å². The lowest BCUT2D eigenvalue weighted by molar-refractivity contribution is 0.500. The lowest BCUT2D eigenvalue weighted by Gasteiger charge is -1.84. The summed E-state index contributed by atoms with van der Waals surface area (Å²) < 4.78 is 47.2. The summed E-state index contributed by atoms with van der Waals surface area (Å²) in [6, 6.07) is 0. The average Bonchev–Trinajstić information content (AvgIpc) is 1.95. The Bertz CT molecular complexity index is 313. The van der Waals surface area contributed by atoms with E-state index in [0.29, 0.717) is 0 Å². The van der Waals surface area contributed by atoms with Crippen molar-refractivity contribution in [3.05, 3.63) is 10.1 Å². The fraction of sp³-hybridized carbons (Fsp3) is 0.333. The van der Waals surface area contributed by atoms with Crippen molar-refractivity contribution >= 4 is 21.2 Å². The maximum absolute atomic E-state index is 12.3. The topological polar surface area (TPSA) is 60.4 Å². The van der Waals surface area contributed by atoms with Gasteiger partial charge < -0.3 is 0 Å². The van der Waals surface area contributed by atoms with Crippen molar-refractivity contribution in [2.24, 2.45) is 0 Å². The highest BCUT2D eigenvalue weighted by atomic mass is 32.3. The van der Waals surface area contributed by atoms with Crippen LogP contribution < -0.4 is 0 Å². The van der Waals surface area contributed by atoms with Gasteiger partial charge in [0.25, 0.3) is 5.16 Å². The quantitative estimate of drug-likeness (QED) is 0.541. The molecule has 0 aliphatic carbocycles. The lowest BCUT2D eigenvalue weighted by atomic mass is 10.7. The Morgan fingerprint density at radius 3 is 2.20 bits per heavy atom. The molecule has 0 amide bonds. The minimum Gasteiger partial charge on any atom is -0.223 e. The zero-order valence-corrected chi connectivity index (χ0v) is 6.46. The molecule has 10 heavy (non-hydrogen) atoms. The molecular weight excluding hydrogens is 183 g/mol. The Morgan fingerprint density at radius 2 is 2.10 bits per heavy atom. The van der Waals surface area contributed by atoms with Crippen LogP contribution in [0.1, 0.15) is 6.92 Å². The van der Waals surface area contributed by atoms with Crippen LogP contribution in [0.15, 0.2) is 10.1 Å². The van der Waals surface area contributed by atoms with Crippen molar-refractivity contribution in [3.8, 4) is 0 Å². The third kappa shape index (κ3) is 0.998. The molecule has 1 heterocycles. The van der Waals surface area contributed by atoms with Crippen LogP contribution in [0.4, 0.5) is 4.39 Å². The Morgan fingerprint density at radius 1 is 1.60 bits per heavy atom. The third-order valence-electron chi connectivity index (χ3n) is 0.898. The molecule has 0 aromatic rings. The molecule has 0 N–H and O–H groups in total. The summed E-state index contributed by atoms with van der Waals surface area (Å²) in [5, 5.41) is -1.44. The first kappa shape index (κ1) is 7.83. The van der Waals surface area contributed by atoms with Crippen LogP contribution in [0.5, 0.6) is 0 Å². The monoisotopic (exact) mass is 186 g/mol. The average molecular weight is 186 g/mol. The van der Waals surface area contributed by atoms with Crippen LogP contribution in [0.25, 0.3) is 0 Å². The number of halogens is 1. The third-order valence-corrected chi connectivity index (χ3v) is 3.66. The van der Waals surface area contributed by atoms with Gasteiger partial charge in [0.15, 0.2) is 0 Å². The van der Waals surface area contributed by atoms with Gasteiger partial charge in [-0.05, 0) is 6.92 Å². The molecule has 58 valence electrons. The van der Waals surface area contributed by atoms with Crippen molar-refractivity contribution in [3.63, 3.8) is 0 Å². The Labute approximate surface area is 59.5 Å². The SMILES string of the molecule is CC1=C(F)S(=O)(=O)OS1=O. The Hall–Kier alpha value is -0.270. The van der Waals surface area contributed by atoms with Crippen LogP contribution >= 0.6 is 0 Å². The van der Waals surface area contributed by atoms with Gasteiger partial charge in [0.05, 0.1) is 4.91 Å². The largest absolute Gasteiger partial charge is 0.338 e. The molecular formula is C3H3FO4S2. The first-order valence-electron chi connectivity index (χ1n) is 2.18. The lowest BCUT2D eigenvalue weighted by Crippen LogP contribution is -1.97. The highest BCUT2D eigenvalue weighted by molar-refractivity contribution is 8.04. The number of hydrogen-bond donors (Lipinski definition) is 0. The molecule has 0 saturated carbocycles. The zero-order chi connectivity index (χ0) is 7.94. The smallest absolute Gasteiger partial charge is 0.223 e. The summed E-state index contributed by atoms with van der Waals surface area (Å²) in [6.45, 7) is 1.09. The highest BCUT2D eigenvalue weighted by Gasteiger charge is 2.35. The van der Waals surface area contributed by atoms with Gasteiger partial charge in [0.2, 0.25) is 11.1 Å². The molecule has 0 saturated heterocycles. The van der Waals surface area contributed by atoms with Crippen LogP contribution in [0, 0.1) is 0 Å². The summed E-state index contributed by atoms with van der Waals surface area (Å²) in [6.07, 6.45) is 0. The van der Waals surface area contributed by atoms with E-state index >= 15 is 0 Å². The number of hydrogen-bond acceptors (Lipinski definition) is 4. The standard InChI is InChI=1S/C3H3FO4S2/c1-2-3(4)10(6,7)8-9(2)5/h1H3. The zero-order valence-electron chi connectivity index (χ0n) is 4.83. The van der Waals surface area contributed by atoms with Crippen molar-refractivity contribution in [1.82, 2.24) is 0 Å². The van der Waals surface area contributed by atoms with E-state index in [1.807, 2.05) is 0 Å². The first-order chi connectivity index (χ1) is 4.45. The predicted molar refractivity (Wildman–Crippen MR) is 32.0 cm³/mol. The van der Waals surface area contributed by atoms with Gasteiger partial charge in [-0.2, -0.15) is 16.4 Å². The highest BCUT2D eigenvalue weighted by Crippen LogP contribution is 2.27. The van der Waals surface area contributed by atoms with Gasteiger partial charge in [-0.3, -0.25) is 0 Å². The van der Waals surface area contributed by atoms with Crippen LogP contribution in [-0.2, 0) is 24.8 Å². The van der Waals surface area contributed by atoms with Gasteiger partial charge in [0, 0.05) is 0 Å². The molecule has 0 aromatic carbocycles. The van der Waals surface area contributed by atoms with Gasteiger partial charge >= 0.3 is 10.1 Å². The molecule has 7 heteroatoms. The molecule has 4 nitrogen and oxygen atoms in total. The molecule has 0 spiro atoms. The Balaban J connectivity index is 3.33. The second kappa shape index (κ2) is 2.11. The summed E-state index contributed by atoms with van der Waals surface area (Å²) in [7, 11) is -4.31. The molecule has 0 radical (unpaired) electrons. The van der Waals surface area contributed by atoms with Crippen molar-refractivity contribution in [2.45, 2.75) is 6.92 Å². The summed E-state index contributed by atoms with van der Waals surface area (Å²) in [5.74, 6) is 0.